The Bertz CT molecular complexity index is 454. The summed E-state index contributed by atoms with van der Waals surface area (Å²) >= 11 is 0. The average Bonchev–Trinajstić information content (AvgIpc) is 3.06. The second kappa shape index (κ2) is 5.04. The number of nitrogens with zero attached hydrogens (tertiary/aromatic N) is 1. The minimum Gasteiger partial charge on any atom is -0.550 e. The molecule has 2 amide bonds. The van der Waals surface area contributed by atoms with Crippen molar-refractivity contribution in [1.82, 2.24) is 4.90 Å². The number of fused-ring (bicyclic) bond motifs is 5. The van der Waals surface area contributed by atoms with Gasteiger partial charge in [-0.15, -0.1) is 0 Å². The van der Waals surface area contributed by atoms with Crippen LogP contribution in [0.15, 0.2) is 12.2 Å². The standard InChI is InChI=1S/C15H19NO4/c17-11(18)4-2-1-3-7-16-14(19)12-9-5-6-10(8-9)13(12)15(16)20/h5-6,9-10,12-13H,1-4,7-8H2,(H,17,18)/p-1/t9-,10+,12+,13-. The number of allylic oxidation sites excluding steroid dienone is 2. The highest BCUT2D eigenvalue weighted by Gasteiger charge is 2.58. The van der Waals surface area contributed by atoms with Crippen molar-refractivity contribution in [3.05, 3.63) is 12.2 Å². The van der Waals surface area contributed by atoms with E-state index in [-0.39, 0.29) is 41.9 Å². The van der Waals surface area contributed by atoms with Crippen LogP contribution in [0.25, 0.3) is 0 Å². The molecule has 0 aromatic rings. The van der Waals surface area contributed by atoms with Gasteiger partial charge in [-0.2, -0.15) is 0 Å². The van der Waals surface area contributed by atoms with Gasteiger partial charge in [0.2, 0.25) is 11.8 Å². The summed E-state index contributed by atoms with van der Waals surface area (Å²) in [6.45, 7) is 0.428. The molecular formula is C15H18NO4-. The van der Waals surface area contributed by atoms with E-state index in [0.29, 0.717) is 25.8 Å². The van der Waals surface area contributed by atoms with Crippen LogP contribution in [0.1, 0.15) is 32.1 Å². The molecule has 0 aromatic carbocycles. The fourth-order valence-electron chi connectivity index (χ4n) is 3.90. The Morgan fingerprint density at radius 3 is 2.25 bits per heavy atom. The third-order valence-electron chi connectivity index (χ3n) is 4.82. The fraction of sp³-hybridized carbons (Fsp3) is 0.667. The lowest BCUT2D eigenvalue weighted by molar-refractivity contribution is -0.305. The first-order valence-electron chi connectivity index (χ1n) is 7.33. The van der Waals surface area contributed by atoms with Crippen molar-refractivity contribution in [3.8, 4) is 0 Å². The predicted octanol–water partition coefficient (Wildman–Crippen LogP) is 0.104. The third kappa shape index (κ3) is 2.05. The van der Waals surface area contributed by atoms with Crippen LogP contribution in [-0.2, 0) is 14.4 Å². The second-order valence-electron chi connectivity index (χ2n) is 6.01. The minimum atomic E-state index is -1.05. The lowest BCUT2D eigenvalue weighted by Gasteiger charge is -2.17. The van der Waals surface area contributed by atoms with Crippen molar-refractivity contribution in [2.24, 2.45) is 23.7 Å². The zero-order chi connectivity index (χ0) is 14.3. The Balaban J connectivity index is 1.53. The maximum Gasteiger partial charge on any atom is 0.233 e. The van der Waals surface area contributed by atoms with Crippen LogP contribution in [0.4, 0.5) is 0 Å². The molecule has 0 spiro atoms. The van der Waals surface area contributed by atoms with E-state index in [9.17, 15) is 19.5 Å². The predicted molar refractivity (Wildman–Crippen MR) is 67.9 cm³/mol. The smallest absolute Gasteiger partial charge is 0.233 e. The number of imide groups is 1. The van der Waals surface area contributed by atoms with Gasteiger partial charge in [0.15, 0.2) is 0 Å². The number of carboxylic acids is 1. The van der Waals surface area contributed by atoms with Crippen LogP contribution in [0.3, 0.4) is 0 Å². The van der Waals surface area contributed by atoms with E-state index >= 15 is 0 Å². The van der Waals surface area contributed by atoms with E-state index < -0.39 is 5.97 Å². The van der Waals surface area contributed by atoms with Crippen molar-refractivity contribution >= 4 is 17.8 Å². The van der Waals surface area contributed by atoms with Crippen molar-refractivity contribution in [2.45, 2.75) is 32.1 Å². The number of amides is 2. The second-order valence-corrected chi connectivity index (χ2v) is 6.01. The molecule has 108 valence electrons. The normalized spacial score (nSPS) is 34.1. The molecule has 20 heavy (non-hydrogen) atoms. The molecule has 0 unspecified atom stereocenters. The molecule has 2 fully saturated rings. The van der Waals surface area contributed by atoms with Gasteiger partial charge in [-0.25, -0.2) is 0 Å². The van der Waals surface area contributed by atoms with Gasteiger partial charge in [0.05, 0.1) is 11.8 Å². The van der Waals surface area contributed by atoms with Gasteiger partial charge in [0, 0.05) is 12.5 Å². The number of unbranched alkanes of at least 4 members (excludes halogenated alkanes) is 2. The summed E-state index contributed by atoms with van der Waals surface area (Å²) in [5.41, 5.74) is 0. The summed E-state index contributed by atoms with van der Waals surface area (Å²) in [6, 6.07) is 0. The first-order chi connectivity index (χ1) is 9.59. The molecule has 2 bridgehead atoms. The molecule has 3 rings (SSSR count). The quantitative estimate of drug-likeness (QED) is 0.392. The van der Waals surface area contributed by atoms with Crippen molar-refractivity contribution in [1.29, 1.82) is 0 Å². The van der Waals surface area contributed by atoms with E-state index in [0.717, 1.165) is 6.42 Å². The average molecular weight is 276 g/mol. The van der Waals surface area contributed by atoms with Gasteiger partial charge < -0.3 is 9.90 Å². The van der Waals surface area contributed by atoms with Crippen LogP contribution in [0.5, 0.6) is 0 Å². The van der Waals surface area contributed by atoms with Gasteiger partial charge in [0.25, 0.3) is 0 Å². The Hall–Kier alpha value is -1.65. The Morgan fingerprint density at radius 1 is 1.10 bits per heavy atom. The maximum absolute atomic E-state index is 12.3. The number of carbonyl (C=O) groups is 3. The van der Waals surface area contributed by atoms with Crippen molar-refractivity contribution in [2.75, 3.05) is 6.54 Å². The molecule has 5 nitrogen and oxygen atoms in total. The number of rotatable bonds is 6. The molecule has 0 aromatic heterocycles. The van der Waals surface area contributed by atoms with Crippen LogP contribution in [0, 0.1) is 23.7 Å². The third-order valence-corrected chi connectivity index (χ3v) is 4.82. The van der Waals surface area contributed by atoms with Gasteiger partial charge >= 0.3 is 0 Å². The number of hydrogen-bond acceptors (Lipinski definition) is 4. The zero-order valence-electron chi connectivity index (χ0n) is 11.3. The van der Waals surface area contributed by atoms with Gasteiger partial charge in [-0.05, 0) is 37.5 Å². The minimum absolute atomic E-state index is 0.0169. The monoisotopic (exact) mass is 276 g/mol. The molecule has 1 heterocycles. The molecular weight excluding hydrogens is 258 g/mol. The van der Waals surface area contributed by atoms with E-state index in [1.165, 1.54) is 4.90 Å². The summed E-state index contributed by atoms with van der Waals surface area (Å²) in [7, 11) is 0. The first kappa shape index (κ1) is 13.3. The van der Waals surface area contributed by atoms with Crippen LogP contribution in [0.2, 0.25) is 0 Å². The van der Waals surface area contributed by atoms with Crippen LogP contribution in [-0.4, -0.2) is 29.2 Å². The zero-order valence-corrected chi connectivity index (χ0v) is 11.3. The molecule has 0 radical (unpaired) electrons. The first-order valence-corrected chi connectivity index (χ1v) is 7.33. The lowest BCUT2D eigenvalue weighted by Crippen LogP contribution is -2.33. The Labute approximate surface area is 117 Å². The van der Waals surface area contributed by atoms with Crippen LogP contribution < -0.4 is 5.11 Å². The molecule has 1 saturated heterocycles. The molecule has 1 saturated carbocycles. The van der Waals surface area contributed by atoms with E-state index in [1.54, 1.807) is 0 Å². The highest BCUT2D eigenvalue weighted by Crippen LogP contribution is 2.52. The van der Waals surface area contributed by atoms with Crippen molar-refractivity contribution in [3.63, 3.8) is 0 Å². The largest absolute Gasteiger partial charge is 0.550 e. The SMILES string of the molecule is O=C([O-])CCCCCN1C(=O)[C@@H]2[C@H](C1=O)[C@H]1C=C[C@@H]2C1. The fourth-order valence-corrected chi connectivity index (χ4v) is 3.90. The van der Waals surface area contributed by atoms with E-state index in [4.69, 9.17) is 0 Å². The number of carboxylic acid groups (broad SMARTS) is 1. The Kier molecular flexibility index (Phi) is 3.36. The summed E-state index contributed by atoms with van der Waals surface area (Å²) in [6.07, 6.45) is 7.07. The molecule has 1 aliphatic heterocycles. The molecule has 0 N–H and O–H groups in total. The molecule has 5 heteroatoms. The topological polar surface area (TPSA) is 77.5 Å². The highest BCUT2D eigenvalue weighted by atomic mass is 16.4. The Morgan fingerprint density at radius 2 is 1.70 bits per heavy atom. The van der Waals surface area contributed by atoms with E-state index in [1.807, 2.05) is 0 Å². The van der Waals surface area contributed by atoms with Crippen molar-refractivity contribution < 1.29 is 19.5 Å². The van der Waals surface area contributed by atoms with Gasteiger partial charge in [0.1, 0.15) is 0 Å². The number of aliphatic carboxylic acids is 1. The summed E-state index contributed by atoms with van der Waals surface area (Å²) in [4.78, 5) is 36.4. The van der Waals surface area contributed by atoms with Crippen LogP contribution >= 0.6 is 0 Å². The lowest BCUT2D eigenvalue weighted by atomic mass is 9.85. The number of carbonyl (C=O) groups excluding carboxylic acids is 3. The molecule has 3 aliphatic rings. The molecule has 2 aliphatic carbocycles. The number of likely N-dealkylation sites (tertiary alicyclic amines) is 1. The summed E-state index contributed by atoms with van der Waals surface area (Å²) in [5, 5.41) is 10.3. The summed E-state index contributed by atoms with van der Waals surface area (Å²) < 4.78 is 0. The molecule has 4 atom stereocenters. The van der Waals surface area contributed by atoms with Gasteiger partial charge in [-0.1, -0.05) is 18.6 Å². The number of hydrogen-bond donors (Lipinski definition) is 0. The summed E-state index contributed by atoms with van der Waals surface area (Å²) in [5.74, 6) is -0.820. The van der Waals surface area contributed by atoms with E-state index in [2.05, 4.69) is 12.2 Å². The van der Waals surface area contributed by atoms with Gasteiger partial charge in [-0.3, -0.25) is 14.5 Å². The maximum atomic E-state index is 12.3. The highest BCUT2D eigenvalue weighted by molar-refractivity contribution is 6.06.